The van der Waals surface area contributed by atoms with Crippen LogP contribution in [0.2, 0.25) is 0 Å². The summed E-state index contributed by atoms with van der Waals surface area (Å²) in [6, 6.07) is 25.1. The Morgan fingerprint density at radius 2 is 1.61 bits per heavy atom. The molecule has 0 saturated heterocycles. The number of ether oxygens (including phenoxy) is 1. The van der Waals surface area contributed by atoms with Gasteiger partial charge in [-0.2, -0.15) is 9.61 Å². The van der Waals surface area contributed by atoms with Gasteiger partial charge in [-0.25, -0.2) is 4.98 Å². The maximum atomic E-state index is 5.32. The van der Waals surface area contributed by atoms with Crippen LogP contribution >= 0.6 is 0 Å². The SMILES string of the molecule is COc1ccc(C2(c3nnc4ncc(-c5cccc(-c6ccc(C)cc6)c5)nn34)CC2)cc1. The molecule has 6 nitrogen and oxygen atoms in total. The molecule has 1 saturated carbocycles. The smallest absolute Gasteiger partial charge is 0.271 e. The van der Waals surface area contributed by atoms with Crippen LogP contribution in [-0.4, -0.2) is 31.9 Å². The first-order valence-corrected chi connectivity index (χ1v) is 11.1. The Morgan fingerprint density at radius 3 is 2.33 bits per heavy atom. The topological polar surface area (TPSA) is 65.2 Å². The second kappa shape index (κ2) is 7.52. The lowest BCUT2D eigenvalue weighted by Gasteiger charge is -2.14. The van der Waals surface area contributed by atoms with Crippen LogP contribution in [-0.2, 0) is 5.41 Å². The highest BCUT2D eigenvalue weighted by Crippen LogP contribution is 2.52. The second-order valence-corrected chi connectivity index (χ2v) is 8.64. The van der Waals surface area contributed by atoms with E-state index in [0.29, 0.717) is 5.78 Å². The number of hydrogen-bond acceptors (Lipinski definition) is 5. The van der Waals surface area contributed by atoms with Gasteiger partial charge in [0, 0.05) is 5.56 Å². The Morgan fingerprint density at radius 1 is 0.848 bits per heavy atom. The molecule has 1 aliphatic rings. The predicted molar refractivity (Wildman–Crippen MR) is 127 cm³/mol. The number of aromatic nitrogens is 5. The zero-order chi connectivity index (χ0) is 22.4. The third-order valence-corrected chi connectivity index (χ3v) is 6.50. The third kappa shape index (κ3) is 3.35. The zero-order valence-electron chi connectivity index (χ0n) is 18.6. The molecule has 1 fully saturated rings. The number of fused-ring (bicyclic) bond motifs is 1. The highest BCUT2D eigenvalue weighted by Gasteiger charge is 2.50. The van der Waals surface area contributed by atoms with E-state index in [4.69, 9.17) is 9.84 Å². The minimum Gasteiger partial charge on any atom is -0.497 e. The van der Waals surface area contributed by atoms with Crippen molar-refractivity contribution in [3.8, 4) is 28.1 Å². The van der Waals surface area contributed by atoms with E-state index in [2.05, 4.69) is 82.8 Å². The Kier molecular flexibility index (Phi) is 4.47. The summed E-state index contributed by atoms with van der Waals surface area (Å²) >= 11 is 0. The van der Waals surface area contributed by atoms with Crippen LogP contribution in [0.5, 0.6) is 5.75 Å². The van der Waals surface area contributed by atoms with Crippen molar-refractivity contribution in [2.24, 2.45) is 0 Å². The monoisotopic (exact) mass is 433 g/mol. The standard InChI is InChI=1S/C27H23N5O/c1-18-6-8-19(9-7-18)20-4-3-5-21(16-20)24-17-28-26-30-29-25(32(26)31-24)27(14-15-27)22-10-12-23(33-2)13-11-22/h3-13,16-17H,14-15H2,1-2H3. The Hall–Kier alpha value is -4.06. The summed E-state index contributed by atoms with van der Waals surface area (Å²) in [6.07, 6.45) is 3.79. The molecule has 2 heterocycles. The Labute approximate surface area is 191 Å². The summed E-state index contributed by atoms with van der Waals surface area (Å²) in [5.41, 5.74) is 6.40. The van der Waals surface area contributed by atoms with Crippen molar-refractivity contribution in [3.63, 3.8) is 0 Å². The minimum atomic E-state index is -0.178. The molecule has 0 amide bonds. The summed E-state index contributed by atoms with van der Waals surface area (Å²) in [5.74, 6) is 2.20. The first-order chi connectivity index (χ1) is 16.2. The average Bonchev–Trinajstić information content (AvgIpc) is 3.56. The molecule has 33 heavy (non-hydrogen) atoms. The van der Waals surface area contributed by atoms with E-state index in [1.165, 1.54) is 16.7 Å². The molecule has 5 aromatic rings. The maximum Gasteiger partial charge on any atom is 0.271 e. The molecule has 1 aliphatic carbocycles. The van der Waals surface area contributed by atoms with Gasteiger partial charge in [0.05, 0.1) is 18.7 Å². The summed E-state index contributed by atoms with van der Waals surface area (Å²) in [4.78, 5) is 4.56. The normalized spacial score (nSPS) is 14.4. The van der Waals surface area contributed by atoms with Gasteiger partial charge in [0.25, 0.3) is 5.78 Å². The average molecular weight is 434 g/mol. The van der Waals surface area contributed by atoms with E-state index in [1.807, 2.05) is 16.6 Å². The molecular weight excluding hydrogens is 410 g/mol. The molecule has 0 N–H and O–H groups in total. The molecule has 162 valence electrons. The van der Waals surface area contributed by atoms with E-state index >= 15 is 0 Å². The number of aryl methyl sites for hydroxylation is 1. The molecule has 0 spiro atoms. The van der Waals surface area contributed by atoms with Gasteiger partial charge in [-0.1, -0.05) is 60.2 Å². The number of methoxy groups -OCH3 is 1. The maximum absolute atomic E-state index is 5.32. The lowest BCUT2D eigenvalue weighted by atomic mass is 9.95. The fraction of sp³-hybridized carbons (Fsp3) is 0.185. The number of nitrogens with zero attached hydrogens (tertiary/aromatic N) is 5. The molecule has 0 radical (unpaired) electrons. The highest BCUT2D eigenvalue weighted by atomic mass is 16.5. The van der Waals surface area contributed by atoms with Gasteiger partial charge in [0.15, 0.2) is 5.82 Å². The lowest BCUT2D eigenvalue weighted by molar-refractivity contribution is 0.414. The van der Waals surface area contributed by atoms with E-state index in [1.54, 1.807) is 13.3 Å². The molecule has 0 atom stereocenters. The van der Waals surface area contributed by atoms with Crippen molar-refractivity contribution < 1.29 is 4.74 Å². The molecule has 6 rings (SSSR count). The highest BCUT2D eigenvalue weighted by molar-refractivity contribution is 5.71. The van der Waals surface area contributed by atoms with Gasteiger partial charge < -0.3 is 4.74 Å². The van der Waals surface area contributed by atoms with Gasteiger partial charge in [0.1, 0.15) is 11.4 Å². The molecule has 6 heteroatoms. The van der Waals surface area contributed by atoms with Gasteiger partial charge in [-0.05, 0) is 54.7 Å². The van der Waals surface area contributed by atoms with E-state index in [9.17, 15) is 0 Å². The summed E-state index contributed by atoms with van der Waals surface area (Å²) in [6.45, 7) is 2.10. The number of hydrogen-bond donors (Lipinski definition) is 0. The van der Waals surface area contributed by atoms with E-state index in [-0.39, 0.29) is 5.41 Å². The predicted octanol–water partition coefficient (Wildman–Crippen LogP) is 5.25. The van der Waals surface area contributed by atoms with Gasteiger partial charge in [0.2, 0.25) is 0 Å². The van der Waals surface area contributed by atoms with Crippen LogP contribution in [0.4, 0.5) is 0 Å². The van der Waals surface area contributed by atoms with Crippen LogP contribution < -0.4 is 4.74 Å². The minimum absolute atomic E-state index is 0.178. The summed E-state index contributed by atoms with van der Waals surface area (Å²) in [7, 11) is 1.68. The van der Waals surface area contributed by atoms with Gasteiger partial charge >= 0.3 is 0 Å². The van der Waals surface area contributed by atoms with Gasteiger partial charge in [-0.15, -0.1) is 10.2 Å². The van der Waals surface area contributed by atoms with E-state index in [0.717, 1.165) is 41.2 Å². The molecule has 0 bridgehead atoms. The lowest BCUT2D eigenvalue weighted by Crippen LogP contribution is -2.15. The first-order valence-electron chi connectivity index (χ1n) is 11.1. The van der Waals surface area contributed by atoms with Crippen molar-refractivity contribution in [2.75, 3.05) is 7.11 Å². The molecule has 3 aromatic carbocycles. The molecule has 0 unspecified atom stereocenters. The molecule has 0 aliphatic heterocycles. The Balaban J connectivity index is 1.41. The van der Waals surface area contributed by atoms with Crippen molar-refractivity contribution in [1.29, 1.82) is 0 Å². The molecule has 2 aromatic heterocycles. The van der Waals surface area contributed by atoms with Gasteiger partial charge in [-0.3, -0.25) is 0 Å². The quantitative estimate of drug-likeness (QED) is 0.379. The van der Waals surface area contributed by atoms with Crippen molar-refractivity contribution in [1.82, 2.24) is 24.8 Å². The summed E-state index contributed by atoms with van der Waals surface area (Å²) < 4.78 is 7.13. The van der Waals surface area contributed by atoms with Crippen LogP contribution in [0.3, 0.4) is 0 Å². The third-order valence-electron chi connectivity index (χ3n) is 6.50. The fourth-order valence-corrected chi connectivity index (χ4v) is 4.41. The Bertz CT molecular complexity index is 1450. The molecular formula is C27H23N5O. The van der Waals surface area contributed by atoms with Crippen LogP contribution in [0, 0.1) is 6.92 Å². The van der Waals surface area contributed by atoms with E-state index < -0.39 is 0 Å². The zero-order valence-corrected chi connectivity index (χ0v) is 18.6. The van der Waals surface area contributed by atoms with Crippen LogP contribution in [0.25, 0.3) is 28.2 Å². The van der Waals surface area contributed by atoms with Crippen LogP contribution in [0.1, 0.15) is 29.8 Å². The second-order valence-electron chi connectivity index (χ2n) is 8.64. The largest absolute Gasteiger partial charge is 0.497 e. The van der Waals surface area contributed by atoms with Crippen molar-refractivity contribution in [3.05, 3.63) is 95.9 Å². The first kappa shape index (κ1) is 19.6. The number of rotatable bonds is 5. The van der Waals surface area contributed by atoms with Crippen LogP contribution in [0.15, 0.2) is 79.0 Å². The number of benzene rings is 3. The fourth-order valence-electron chi connectivity index (χ4n) is 4.41. The van der Waals surface area contributed by atoms with Crippen molar-refractivity contribution >= 4 is 5.78 Å². The van der Waals surface area contributed by atoms with Crippen molar-refractivity contribution in [2.45, 2.75) is 25.2 Å². The summed E-state index contributed by atoms with van der Waals surface area (Å²) in [5, 5.41) is 13.7.